The number of aliphatic imine (C=N–C) groups is 1. The summed E-state index contributed by atoms with van der Waals surface area (Å²) >= 11 is 0. The van der Waals surface area contributed by atoms with Crippen LogP contribution in [0, 0.1) is 0 Å². The highest BCUT2D eigenvalue weighted by Crippen LogP contribution is 2.11. The molecule has 11 heavy (non-hydrogen) atoms. The Labute approximate surface area is 64.5 Å². The second-order valence-corrected chi connectivity index (χ2v) is 2.17. The molecule has 0 aromatic carbocycles. The molecule has 3 nitrogen and oxygen atoms in total. The van der Waals surface area contributed by atoms with Crippen LogP contribution in [0.1, 0.15) is 5.69 Å². The number of anilines is 1. The lowest BCUT2D eigenvalue weighted by molar-refractivity contribution is 1.30. The molecule has 54 valence electrons. The van der Waals surface area contributed by atoms with Crippen LogP contribution in [0.3, 0.4) is 0 Å². The minimum Gasteiger partial charge on any atom is -0.358 e. The van der Waals surface area contributed by atoms with Gasteiger partial charge in [-0.1, -0.05) is 0 Å². The molecule has 1 aliphatic rings. The molecular weight excluding hydrogens is 138 g/mol. The molecule has 0 spiro atoms. The van der Waals surface area contributed by atoms with Gasteiger partial charge in [-0.05, 0) is 12.1 Å². The summed E-state index contributed by atoms with van der Waals surface area (Å²) in [6.07, 6.45) is 6.95. The number of fused-ring (bicyclic) bond motifs is 1. The van der Waals surface area contributed by atoms with E-state index in [9.17, 15) is 0 Å². The third kappa shape index (κ3) is 1.12. The summed E-state index contributed by atoms with van der Waals surface area (Å²) in [5, 5.41) is 3.06. The molecule has 0 aliphatic carbocycles. The highest BCUT2D eigenvalue weighted by atomic mass is 14.9. The van der Waals surface area contributed by atoms with Crippen LogP contribution < -0.4 is 5.32 Å². The molecule has 1 aromatic heterocycles. The number of nitrogens with zero attached hydrogens (tertiary/aromatic N) is 2. The minimum absolute atomic E-state index is 0.873. The molecule has 0 unspecified atom stereocenters. The lowest BCUT2D eigenvalue weighted by Crippen LogP contribution is -1.93. The number of aromatic nitrogens is 1. The summed E-state index contributed by atoms with van der Waals surface area (Å²) < 4.78 is 0. The molecule has 0 amide bonds. The molecule has 2 heterocycles. The Hall–Kier alpha value is -1.64. The molecule has 0 radical (unpaired) electrons. The van der Waals surface area contributed by atoms with Gasteiger partial charge in [0.05, 0.1) is 11.9 Å². The lowest BCUT2D eigenvalue weighted by atomic mass is 10.3. The summed E-state index contributed by atoms with van der Waals surface area (Å²) in [4.78, 5) is 8.11. The van der Waals surface area contributed by atoms with Crippen molar-refractivity contribution < 1.29 is 0 Å². The quantitative estimate of drug-likeness (QED) is 0.599. The van der Waals surface area contributed by atoms with Gasteiger partial charge in [0.1, 0.15) is 5.69 Å². The van der Waals surface area contributed by atoms with Crippen molar-refractivity contribution >= 4 is 11.9 Å². The summed E-state index contributed by atoms with van der Waals surface area (Å²) in [5.74, 6) is 0. The van der Waals surface area contributed by atoms with Crippen LogP contribution >= 0.6 is 0 Å². The van der Waals surface area contributed by atoms with E-state index in [1.165, 1.54) is 0 Å². The molecule has 0 saturated carbocycles. The van der Waals surface area contributed by atoms with Crippen molar-refractivity contribution in [2.75, 3.05) is 5.32 Å². The van der Waals surface area contributed by atoms with Crippen molar-refractivity contribution in [2.24, 2.45) is 4.99 Å². The van der Waals surface area contributed by atoms with Crippen molar-refractivity contribution in [2.45, 2.75) is 0 Å². The smallest absolute Gasteiger partial charge is 0.105 e. The van der Waals surface area contributed by atoms with Gasteiger partial charge >= 0.3 is 0 Å². The Morgan fingerprint density at radius 1 is 1.36 bits per heavy atom. The first-order valence-electron chi connectivity index (χ1n) is 3.36. The Balaban J connectivity index is 2.52. The Bertz CT molecular complexity index is 315. The summed E-state index contributed by atoms with van der Waals surface area (Å²) in [7, 11) is 0. The zero-order chi connectivity index (χ0) is 7.52. The first-order chi connectivity index (χ1) is 5.47. The average Bonchev–Trinajstić information content (AvgIpc) is 2.28. The van der Waals surface area contributed by atoms with Crippen LogP contribution in [0.2, 0.25) is 0 Å². The zero-order valence-corrected chi connectivity index (χ0v) is 5.86. The number of nitrogens with one attached hydrogen (secondary N) is 1. The van der Waals surface area contributed by atoms with Crippen LogP contribution in [-0.2, 0) is 0 Å². The first kappa shape index (κ1) is 6.09. The van der Waals surface area contributed by atoms with E-state index in [1.807, 2.05) is 12.1 Å². The molecular formula is C8H7N3. The number of pyridine rings is 1. The molecule has 1 N–H and O–H groups in total. The van der Waals surface area contributed by atoms with Crippen molar-refractivity contribution in [3.63, 3.8) is 0 Å². The van der Waals surface area contributed by atoms with Gasteiger partial charge in [0.2, 0.25) is 0 Å². The Morgan fingerprint density at radius 2 is 2.36 bits per heavy atom. The monoisotopic (exact) mass is 145 g/mol. The van der Waals surface area contributed by atoms with E-state index >= 15 is 0 Å². The standard InChI is InChI=1S/C8H7N3/c1-2-7-8(10-3-1)6-9-4-5-11-7/h1-6,11H. The van der Waals surface area contributed by atoms with Gasteiger partial charge in [0.15, 0.2) is 0 Å². The van der Waals surface area contributed by atoms with E-state index in [2.05, 4.69) is 15.3 Å². The van der Waals surface area contributed by atoms with Gasteiger partial charge in [0, 0.05) is 18.6 Å². The molecule has 0 saturated heterocycles. The lowest BCUT2D eigenvalue weighted by Gasteiger charge is -1.99. The largest absolute Gasteiger partial charge is 0.358 e. The number of hydrogen-bond donors (Lipinski definition) is 1. The van der Waals surface area contributed by atoms with Crippen LogP contribution in [0.15, 0.2) is 35.7 Å². The summed E-state index contributed by atoms with van der Waals surface area (Å²) in [6, 6.07) is 3.85. The first-order valence-corrected chi connectivity index (χ1v) is 3.36. The molecule has 0 bridgehead atoms. The fraction of sp³-hybridized carbons (Fsp3) is 0. The van der Waals surface area contributed by atoms with Gasteiger partial charge in [-0.2, -0.15) is 0 Å². The maximum absolute atomic E-state index is 4.13. The molecule has 1 aromatic rings. The van der Waals surface area contributed by atoms with Crippen molar-refractivity contribution in [3.05, 3.63) is 36.4 Å². The second-order valence-electron chi connectivity index (χ2n) is 2.17. The van der Waals surface area contributed by atoms with Crippen LogP contribution in [0.25, 0.3) is 0 Å². The van der Waals surface area contributed by atoms with Gasteiger partial charge in [-0.3, -0.25) is 9.98 Å². The maximum atomic E-state index is 4.13. The summed E-state index contributed by atoms with van der Waals surface area (Å²) in [6.45, 7) is 0. The SMILES string of the molecule is C1=CNc2cccnc2C=N1. The van der Waals surface area contributed by atoms with Crippen molar-refractivity contribution in [3.8, 4) is 0 Å². The summed E-state index contributed by atoms with van der Waals surface area (Å²) in [5.41, 5.74) is 1.86. The van der Waals surface area contributed by atoms with Crippen molar-refractivity contribution in [1.29, 1.82) is 0 Å². The van der Waals surface area contributed by atoms with Crippen LogP contribution in [0.5, 0.6) is 0 Å². The molecule has 3 heteroatoms. The van der Waals surface area contributed by atoms with Crippen LogP contribution in [0.4, 0.5) is 5.69 Å². The second kappa shape index (κ2) is 2.54. The predicted octanol–water partition coefficient (Wildman–Crippen LogP) is 1.40. The molecule has 0 fully saturated rings. The van der Waals surface area contributed by atoms with Gasteiger partial charge < -0.3 is 5.32 Å². The third-order valence-electron chi connectivity index (χ3n) is 1.43. The zero-order valence-electron chi connectivity index (χ0n) is 5.86. The maximum Gasteiger partial charge on any atom is 0.105 e. The normalized spacial score (nSPS) is 13.5. The van der Waals surface area contributed by atoms with E-state index < -0.39 is 0 Å². The van der Waals surface area contributed by atoms with E-state index in [0.29, 0.717) is 0 Å². The highest BCUT2D eigenvalue weighted by molar-refractivity contribution is 5.86. The fourth-order valence-corrected chi connectivity index (χ4v) is 0.926. The van der Waals surface area contributed by atoms with E-state index in [0.717, 1.165) is 11.4 Å². The predicted molar refractivity (Wildman–Crippen MR) is 44.6 cm³/mol. The topological polar surface area (TPSA) is 37.3 Å². The Morgan fingerprint density at radius 3 is 3.36 bits per heavy atom. The van der Waals surface area contributed by atoms with Gasteiger partial charge in [-0.15, -0.1) is 0 Å². The van der Waals surface area contributed by atoms with Crippen LogP contribution in [-0.4, -0.2) is 11.2 Å². The number of rotatable bonds is 0. The highest BCUT2D eigenvalue weighted by Gasteiger charge is 1.98. The van der Waals surface area contributed by atoms with E-state index in [4.69, 9.17) is 0 Å². The minimum atomic E-state index is 0.873. The molecule has 1 aliphatic heterocycles. The fourth-order valence-electron chi connectivity index (χ4n) is 0.926. The molecule has 0 atom stereocenters. The van der Waals surface area contributed by atoms with E-state index in [1.54, 1.807) is 24.8 Å². The van der Waals surface area contributed by atoms with Crippen molar-refractivity contribution in [1.82, 2.24) is 4.98 Å². The Kier molecular flexibility index (Phi) is 1.41. The molecule has 2 rings (SSSR count). The van der Waals surface area contributed by atoms with Gasteiger partial charge in [-0.25, -0.2) is 0 Å². The number of hydrogen-bond acceptors (Lipinski definition) is 3. The average molecular weight is 145 g/mol. The van der Waals surface area contributed by atoms with Gasteiger partial charge in [0.25, 0.3) is 0 Å². The third-order valence-corrected chi connectivity index (χ3v) is 1.43. The van der Waals surface area contributed by atoms with E-state index in [-0.39, 0.29) is 0 Å².